The highest BCUT2D eigenvalue weighted by Gasteiger charge is 2.10. The Morgan fingerprint density at radius 1 is 1.23 bits per heavy atom. The van der Waals surface area contributed by atoms with E-state index in [2.05, 4.69) is 10.6 Å². The lowest BCUT2D eigenvalue weighted by atomic mass is 10.2. The van der Waals surface area contributed by atoms with Crippen LogP contribution in [0.4, 0.5) is 11.4 Å². The summed E-state index contributed by atoms with van der Waals surface area (Å²) in [7, 11) is 0. The number of nitrogens with zero attached hydrogens (tertiary/aromatic N) is 1. The Morgan fingerprint density at radius 3 is 2.73 bits per heavy atom. The third kappa shape index (κ3) is 4.17. The van der Waals surface area contributed by atoms with E-state index in [1.165, 1.54) is 30.5 Å². The van der Waals surface area contributed by atoms with Crippen LogP contribution in [0.15, 0.2) is 47.1 Å². The smallest absolute Gasteiger partial charge is 0.286 e. The number of carbonyl (C=O) groups excluding carboxylic acids is 2. The molecular formula is C14H13N3O5. The van der Waals surface area contributed by atoms with E-state index in [9.17, 15) is 19.7 Å². The minimum atomic E-state index is -0.542. The van der Waals surface area contributed by atoms with Crippen LogP contribution in [-0.4, -0.2) is 23.3 Å². The van der Waals surface area contributed by atoms with E-state index in [0.29, 0.717) is 5.69 Å². The number of anilines is 1. The van der Waals surface area contributed by atoms with E-state index < -0.39 is 10.8 Å². The minimum Gasteiger partial charge on any atom is -0.459 e. The fraction of sp³-hybridized carbons (Fsp3) is 0.143. The quantitative estimate of drug-likeness (QED) is 0.625. The van der Waals surface area contributed by atoms with Gasteiger partial charge in [0.2, 0.25) is 5.91 Å². The lowest BCUT2D eigenvalue weighted by Gasteiger charge is -2.06. The molecule has 1 heterocycles. The first-order valence-corrected chi connectivity index (χ1v) is 6.42. The largest absolute Gasteiger partial charge is 0.459 e. The highest BCUT2D eigenvalue weighted by atomic mass is 16.6. The molecule has 0 atom stereocenters. The zero-order valence-corrected chi connectivity index (χ0v) is 11.4. The van der Waals surface area contributed by atoms with Crippen molar-refractivity contribution in [1.29, 1.82) is 0 Å². The summed E-state index contributed by atoms with van der Waals surface area (Å²) >= 11 is 0. The molecule has 0 unspecified atom stereocenters. The van der Waals surface area contributed by atoms with E-state index in [-0.39, 0.29) is 30.3 Å². The number of amides is 2. The fourth-order valence-electron chi connectivity index (χ4n) is 1.71. The summed E-state index contributed by atoms with van der Waals surface area (Å²) in [6.45, 7) is 0.125. The lowest BCUT2D eigenvalue weighted by molar-refractivity contribution is -0.384. The second-order valence-electron chi connectivity index (χ2n) is 4.34. The predicted octanol–water partition coefficient (Wildman–Crippen LogP) is 1.95. The number of rotatable bonds is 6. The summed E-state index contributed by atoms with van der Waals surface area (Å²) in [5.41, 5.74) is 0.223. The monoisotopic (exact) mass is 303 g/mol. The van der Waals surface area contributed by atoms with Gasteiger partial charge in [0.25, 0.3) is 11.6 Å². The first-order valence-electron chi connectivity index (χ1n) is 6.42. The Balaban J connectivity index is 1.79. The van der Waals surface area contributed by atoms with Gasteiger partial charge in [0.15, 0.2) is 5.76 Å². The first kappa shape index (κ1) is 15.2. The molecule has 8 nitrogen and oxygen atoms in total. The van der Waals surface area contributed by atoms with Crippen molar-refractivity contribution in [2.24, 2.45) is 0 Å². The van der Waals surface area contributed by atoms with Crippen molar-refractivity contribution in [3.63, 3.8) is 0 Å². The predicted molar refractivity (Wildman–Crippen MR) is 77.4 cm³/mol. The van der Waals surface area contributed by atoms with Gasteiger partial charge in [-0.25, -0.2) is 0 Å². The van der Waals surface area contributed by atoms with Crippen LogP contribution in [-0.2, 0) is 4.79 Å². The Bertz CT molecular complexity index is 682. The summed E-state index contributed by atoms with van der Waals surface area (Å²) in [5.74, 6) is -0.604. The molecule has 2 aromatic rings. The average molecular weight is 303 g/mol. The van der Waals surface area contributed by atoms with Crippen LogP contribution in [0.3, 0.4) is 0 Å². The maximum absolute atomic E-state index is 11.7. The van der Waals surface area contributed by atoms with Gasteiger partial charge in [0.05, 0.1) is 11.2 Å². The van der Waals surface area contributed by atoms with Crippen LogP contribution >= 0.6 is 0 Å². The van der Waals surface area contributed by atoms with Crippen molar-refractivity contribution in [2.45, 2.75) is 6.42 Å². The maximum Gasteiger partial charge on any atom is 0.286 e. The first-order chi connectivity index (χ1) is 10.6. The number of nitro benzene ring substituents is 1. The number of furan rings is 1. The van der Waals surface area contributed by atoms with E-state index in [1.54, 1.807) is 12.1 Å². The summed E-state index contributed by atoms with van der Waals surface area (Å²) in [4.78, 5) is 33.4. The van der Waals surface area contributed by atoms with Crippen molar-refractivity contribution >= 4 is 23.2 Å². The molecule has 1 aromatic carbocycles. The number of nitro groups is 1. The van der Waals surface area contributed by atoms with Gasteiger partial charge in [-0.1, -0.05) is 6.07 Å². The molecule has 8 heteroatoms. The zero-order chi connectivity index (χ0) is 15.9. The molecule has 2 rings (SSSR count). The van der Waals surface area contributed by atoms with E-state index >= 15 is 0 Å². The lowest BCUT2D eigenvalue weighted by Crippen LogP contribution is -2.27. The summed E-state index contributed by atoms with van der Waals surface area (Å²) in [6, 6.07) is 8.72. The van der Waals surface area contributed by atoms with Crippen molar-refractivity contribution < 1.29 is 18.9 Å². The molecule has 22 heavy (non-hydrogen) atoms. The van der Waals surface area contributed by atoms with Crippen molar-refractivity contribution in [2.75, 3.05) is 11.9 Å². The molecule has 0 aliphatic rings. The Labute approximate surface area is 125 Å². The average Bonchev–Trinajstić information content (AvgIpc) is 3.01. The van der Waals surface area contributed by atoms with Crippen LogP contribution in [0.1, 0.15) is 17.0 Å². The Kier molecular flexibility index (Phi) is 4.86. The van der Waals surface area contributed by atoms with Gasteiger partial charge in [0, 0.05) is 30.8 Å². The second kappa shape index (κ2) is 7.02. The van der Waals surface area contributed by atoms with E-state index in [1.807, 2.05) is 0 Å². The summed E-state index contributed by atoms with van der Waals surface area (Å²) in [5, 5.41) is 15.7. The van der Waals surface area contributed by atoms with Crippen molar-refractivity contribution in [3.8, 4) is 0 Å². The molecule has 0 aliphatic carbocycles. The number of hydrogen-bond donors (Lipinski definition) is 2. The maximum atomic E-state index is 11.7. The topological polar surface area (TPSA) is 114 Å². The molecule has 114 valence electrons. The molecule has 0 fully saturated rings. The Hall–Kier alpha value is -3.16. The van der Waals surface area contributed by atoms with Crippen LogP contribution in [0.5, 0.6) is 0 Å². The van der Waals surface area contributed by atoms with Gasteiger partial charge >= 0.3 is 0 Å². The third-order valence-corrected chi connectivity index (χ3v) is 2.72. The zero-order valence-electron chi connectivity index (χ0n) is 11.4. The van der Waals surface area contributed by atoms with Crippen molar-refractivity contribution in [3.05, 3.63) is 58.5 Å². The highest BCUT2D eigenvalue weighted by Crippen LogP contribution is 2.16. The molecule has 0 spiro atoms. The molecular weight excluding hydrogens is 290 g/mol. The highest BCUT2D eigenvalue weighted by molar-refractivity contribution is 5.93. The third-order valence-electron chi connectivity index (χ3n) is 2.72. The van der Waals surface area contributed by atoms with Crippen LogP contribution in [0.2, 0.25) is 0 Å². The number of hydrogen-bond acceptors (Lipinski definition) is 5. The molecule has 1 aromatic heterocycles. The molecule has 0 radical (unpaired) electrons. The van der Waals surface area contributed by atoms with Gasteiger partial charge in [-0.3, -0.25) is 19.7 Å². The van der Waals surface area contributed by atoms with Gasteiger partial charge in [-0.2, -0.15) is 0 Å². The van der Waals surface area contributed by atoms with Gasteiger partial charge in [-0.15, -0.1) is 0 Å². The molecule has 0 aliphatic heterocycles. The SMILES string of the molecule is O=C(CCNC(=O)c1ccco1)Nc1cccc([N+](=O)[O-])c1. The minimum absolute atomic E-state index is 0.0368. The van der Waals surface area contributed by atoms with Gasteiger partial charge in [0.1, 0.15) is 0 Å². The van der Waals surface area contributed by atoms with E-state index in [0.717, 1.165) is 0 Å². The van der Waals surface area contributed by atoms with Crippen molar-refractivity contribution in [1.82, 2.24) is 5.32 Å². The van der Waals surface area contributed by atoms with Gasteiger partial charge in [-0.05, 0) is 18.2 Å². The molecule has 2 N–H and O–H groups in total. The van der Waals surface area contributed by atoms with Crippen LogP contribution in [0, 0.1) is 10.1 Å². The van der Waals surface area contributed by atoms with Gasteiger partial charge < -0.3 is 15.1 Å². The molecule has 0 saturated carbocycles. The van der Waals surface area contributed by atoms with Crippen LogP contribution in [0.25, 0.3) is 0 Å². The number of benzene rings is 1. The standard InChI is InChI=1S/C14H13N3O5/c18-13(6-7-15-14(19)12-5-2-8-22-12)16-10-3-1-4-11(9-10)17(20)21/h1-5,8-9H,6-7H2,(H,15,19)(H,16,18). The number of carbonyl (C=O) groups is 2. The normalized spacial score (nSPS) is 10.0. The fourth-order valence-corrected chi connectivity index (χ4v) is 1.71. The number of nitrogens with one attached hydrogen (secondary N) is 2. The second-order valence-corrected chi connectivity index (χ2v) is 4.34. The summed E-state index contributed by atoms with van der Waals surface area (Å²) in [6.07, 6.45) is 1.42. The molecule has 2 amide bonds. The molecule has 0 bridgehead atoms. The molecule has 0 saturated heterocycles. The summed E-state index contributed by atoms with van der Waals surface area (Å²) < 4.78 is 4.91. The van der Waals surface area contributed by atoms with E-state index in [4.69, 9.17) is 4.42 Å². The number of non-ortho nitro benzene ring substituents is 1. The Morgan fingerprint density at radius 2 is 2.05 bits per heavy atom. The van der Waals surface area contributed by atoms with Crippen LogP contribution < -0.4 is 10.6 Å².